The molecule has 2 aromatic carbocycles. The summed E-state index contributed by atoms with van der Waals surface area (Å²) in [6, 6.07) is 9.15. The van der Waals surface area contributed by atoms with E-state index in [0.29, 0.717) is 22.4 Å². The molecule has 2 rings (SSSR count). The van der Waals surface area contributed by atoms with Gasteiger partial charge in [-0.05, 0) is 55.3 Å². The number of hydrogen-bond acceptors (Lipinski definition) is 4. The van der Waals surface area contributed by atoms with Crippen LogP contribution < -0.4 is 10.1 Å². The standard InChI is InChI=1S/C18H22FNO3/c1-11-8-13(19)4-6-15(11)18(22)10-20-12(2)16-9-14(23-3)5-7-17(16)21/h4-9,12,18,20-22H,10H2,1-3H3. The molecule has 23 heavy (non-hydrogen) atoms. The first-order valence-electron chi connectivity index (χ1n) is 7.46. The summed E-state index contributed by atoms with van der Waals surface area (Å²) in [6.45, 7) is 3.93. The van der Waals surface area contributed by atoms with Crippen molar-refractivity contribution >= 4 is 0 Å². The third kappa shape index (κ3) is 4.21. The third-order valence-electron chi connectivity index (χ3n) is 3.91. The molecule has 0 aliphatic carbocycles. The van der Waals surface area contributed by atoms with Gasteiger partial charge in [0.1, 0.15) is 17.3 Å². The van der Waals surface area contributed by atoms with Crippen LogP contribution in [0.4, 0.5) is 4.39 Å². The molecule has 3 N–H and O–H groups in total. The molecule has 0 fully saturated rings. The Labute approximate surface area is 135 Å². The van der Waals surface area contributed by atoms with E-state index in [2.05, 4.69) is 5.32 Å². The van der Waals surface area contributed by atoms with Crippen LogP contribution in [0, 0.1) is 12.7 Å². The topological polar surface area (TPSA) is 61.7 Å². The van der Waals surface area contributed by atoms with Gasteiger partial charge in [0, 0.05) is 18.2 Å². The van der Waals surface area contributed by atoms with Crippen molar-refractivity contribution in [3.63, 3.8) is 0 Å². The second-order valence-electron chi connectivity index (χ2n) is 5.57. The molecule has 0 saturated carbocycles. The molecule has 0 bridgehead atoms. The summed E-state index contributed by atoms with van der Waals surface area (Å²) in [6.07, 6.45) is -0.759. The summed E-state index contributed by atoms with van der Waals surface area (Å²) < 4.78 is 18.3. The highest BCUT2D eigenvalue weighted by Crippen LogP contribution is 2.28. The average Bonchev–Trinajstić information content (AvgIpc) is 2.52. The van der Waals surface area contributed by atoms with Gasteiger partial charge in [0.05, 0.1) is 13.2 Å². The summed E-state index contributed by atoms with van der Waals surface area (Å²) in [4.78, 5) is 0. The first-order chi connectivity index (χ1) is 10.9. The molecule has 0 aliphatic rings. The van der Waals surface area contributed by atoms with Crippen LogP contribution in [-0.4, -0.2) is 23.9 Å². The predicted octanol–water partition coefficient (Wildman–Crippen LogP) is 3.23. The van der Waals surface area contributed by atoms with Crippen LogP contribution in [0.15, 0.2) is 36.4 Å². The molecule has 0 spiro atoms. The van der Waals surface area contributed by atoms with E-state index >= 15 is 0 Å². The fourth-order valence-electron chi connectivity index (χ4n) is 2.53. The number of aromatic hydroxyl groups is 1. The van der Waals surface area contributed by atoms with Crippen LogP contribution in [0.3, 0.4) is 0 Å². The predicted molar refractivity (Wildman–Crippen MR) is 87.2 cm³/mol. The highest BCUT2D eigenvalue weighted by molar-refractivity contribution is 5.41. The molecule has 0 saturated heterocycles. The van der Waals surface area contributed by atoms with E-state index < -0.39 is 6.10 Å². The summed E-state index contributed by atoms with van der Waals surface area (Å²) in [5.41, 5.74) is 2.07. The molecule has 0 heterocycles. The lowest BCUT2D eigenvalue weighted by molar-refractivity contribution is 0.169. The molecule has 2 unspecified atom stereocenters. The molecule has 124 valence electrons. The smallest absolute Gasteiger partial charge is 0.123 e. The van der Waals surface area contributed by atoms with E-state index in [1.165, 1.54) is 12.1 Å². The van der Waals surface area contributed by atoms with Crippen LogP contribution in [0.2, 0.25) is 0 Å². The summed E-state index contributed by atoms with van der Waals surface area (Å²) in [7, 11) is 1.56. The van der Waals surface area contributed by atoms with E-state index in [0.717, 1.165) is 0 Å². The molecule has 5 heteroatoms. The van der Waals surface area contributed by atoms with Crippen molar-refractivity contribution in [3.8, 4) is 11.5 Å². The monoisotopic (exact) mass is 319 g/mol. The minimum Gasteiger partial charge on any atom is -0.508 e. The highest BCUT2D eigenvalue weighted by Gasteiger charge is 2.15. The number of aliphatic hydroxyl groups is 1. The van der Waals surface area contributed by atoms with Crippen molar-refractivity contribution < 1.29 is 19.3 Å². The zero-order valence-electron chi connectivity index (χ0n) is 13.5. The molecule has 0 amide bonds. The number of rotatable bonds is 6. The molecule has 0 aliphatic heterocycles. The van der Waals surface area contributed by atoms with Crippen LogP contribution in [0.25, 0.3) is 0 Å². The second-order valence-corrected chi connectivity index (χ2v) is 5.57. The fourth-order valence-corrected chi connectivity index (χ4v) is 2.53. The van der Waals surface area contributed by atoms with Gasteiger partial charge in [-0.15, -0.1) is 0 Å². The highest BCUT2D eigenvalue weighted by atomic mass is 19.1. The van der Waals surface area contributed by atoms with E-state index in [-0.39, 0.29) is 24.2 Å². The second kappa shape index (κ2) is 7.44. The fraction of sp³-hybridized carbons (Fsp3) is 0.333. The molecule has 4 nitrogen and oxygen atoms in total. The van der Waals surface area contributed by atoms with Gasteiger partial charge in [-0.1, -0.05) is 6.07 Å². The number of aliphatic hydroxyl groups excluding tert-OH is 1. The maximum absolute atomic E-state index is 13.1. The molecular formula is C18H22FNO3. The molecule has 0 radical (unpaired) electrons. The van der Waals surface area contributed by atoms with Crippen LogP contribution >= 0.6 is 0 Å². The number of nitrogens with one attached hydrogen (secondary N) is 1. The van der Waals surface area contributed by atoms with Gasteiger partial charge in [0.25, 0.3) is 0 Å². The Kier molecular flexibility index (Phi) is 5.58. The van der Waals surface area contributed by atoms with Crippen molar-refractivity contribution in [2.45, 2.75) is 26.0 Å². The number of benzene rings is 2. The van der Waals surface area contributed by atoms with Gasteiger partial charge in [0.2, 0.25) is 0 Å². The Hall–Kier alpha value is -2.11. The van der Waals surface area contributed by atoms with Gasteiger partial charge in [-0.2, -0.15) is 0 Å². The Balaban J connectivity index is 2.05. The Morgan fingerprint density at radius 3 is 2.57 bits per heavy atom. The summed E-state index contributed by atoms with van der Waals surface area (Å²) >= 11 is 0. The van der Waals surface area contributed by atoms with Crippen LogP contribution in [-0.2, 0) is 0 Å². The quantitative estimate of drug-likeness (QED) is 0.765. The van der Waals surface area contributed by atoms with Crippen molar-refractivity contribution in [2.24, 2.45) is 0 Å². The summed E-state index contributed by atoms with van der Waals surface area (Å²) in [5.74, 6) is 0.501. The average molecular weight is 319 g/mol. The Bertz CT molecular complexity index is 675. The number of hydrogen-bond donors (Lipinski definition) is 3. The van der Waals surface area contributed by atoms with Gasteiger partial charge in [-0.25, -0.2) is 4.39 Å². The maximum atomic E-state index is 13.1. The molecule has 2 atom stereocenters. The maximum Gasteiger partial charge on any atom is 0.123 e. The lowest BCUT2D eigenvalue weighted by atomic mass is 10.0. The minimum absolute atomic E-state index is 0.165. The van der Waals surface area contributed by atoms with Crippen LogP contribution in [0.1, 0.15) is 35.8 Å². The van der Waals surface area contributed by atoms with Crippen LogP contribution in [0.5, 0.6) is 11.5 Å². The van der Waals surface area contributed by atoms with E-state index in [4.69, 9.17) is 4.74 Å². The first kappa shape index (κ1) is 17.2. The van der Waals surface area contributed by atoms with Gasteiger partial charge in [-0.3, -0.25) is 0 Å². The van der Waals surface area contributed by atoms with Gasteiger partial charge >= 0.3 is 0 Å². The molecule has 0 aromatic heterocycles. The van der Waals surface area contributed by atoms with E-state index in [9.17, 15) is 14.6 Å². The zero-order valence-corrected chi connectivity index (χ0v) is 13.5. The number of methoxy groups -OCH3 is 1. The number of phenolic OH excluding ortho intramolecular Hbond substituents is 1. The number of halogens is 1. The van der Waals surface area contributed by atoms with Crippen molar-refractivity contribution in [1.82, 2.24) is 5.32 Å². The van der Waals surface area contributed by atoms with Crippen molar-refractivity contribution in [2.75, 3.05) is 13.7 Å². The van der Waals surface area contributed by atoms with E-state index in [1.807, 2.05) is 6.92 Å². The zero-order chi connectivity index (χ0) is 17.0. The first-order valence-corrected chi connectivity index (χ1v) is 7.46. The van der Waals surface area contributed by atoms with Gasteiger partial charge in [0.15, 0.2) is 0 Å². The Morgan fingerprint density at radius 1 is 1.17 bits per heavy atom. The number of phenols is 1. The van der Waals surface area contributed by atoms with Crippen molar-refractivity contribution in [1.29, 1.82) is 0 Å². The number of ether oxygens (including phenoxy) is 1. The molecule has 2 aromatic rings. The summed E-state index contributed by atoms with van der Waals surface area (Å²) in [5, 5.41) is 23.4. The molecular weight excluding hydrogens is 297 g/mol. The SMILES string of the molecule is COc1ccc(O)c(C(C)NCC(O)c2ccc(F)cc2C)c1. The normalized spacial score (nSPS) is 13.6. The lowest BCUT2D eigenvalue weighted by Gasteiger charge is -2.20. The largest absolute Gasteiger partial charge is 0.508 e. The Morgan fingerprint density at radius 2 is 1.91 bits per heavy atom. The van der Waals surface area contributed by atoms with E-state index in [1.54, 1.807) is 38.3 Å². The number of aryl methyl sites for hydroxylation is 1. The van der Waals surface area contributed by atoms with Crippen molar-refractivity contribution in [3.05, 3.63) is 58.9 Å². The minimum atomic E-state index is -0.759. The third-order valence-corrected chi connectivity index (χ3v) is 3.91. The lowest BCUT2D eigenvalue weighted by Crippen LogP contribution is -2.25. The van der Waals surface area contributed by atoms with Gasteiger partial charge < -0.3 is 20.3 Å².